The molecule has 0 bridgehead atoms. The Kier molecular flexibility index (Phi) is 4.39. The average Bonchev–Trinajstić information content (AvgIpc) is 3.22. The van der Waals surface area contributed by atoms with Crippen molar-refractivity contribution in [1.82, 2.24) is 14.4 Å². The van der Waals surface area contributed by atoms with Gasteiger partial charge in [0, 0.05) is 17.6 Å². The molecule has 2 aromatic heterocycles. The van der Waals surface area contributed by atoms with Gasteiger partial charge < -0.3 is 4.90 Å². The molecule has 6 rings (SSSR count). The highest BCUT2D eigenvalue weighted by atomic mass is 32.2. The molecule has 1 amide bonds. The number of nitrogens with zero attached hydrogens (tertiary/aromatic N) is 4. The molecule has 0 saturated carbocycles. The normalized spacial score (nSPS) is 13.7. The molecule has 152 valence electrons. The number of carbonyl (C=O) groups excluding carboxylic acids is 1. The van der Waals surface area contributed by atoms with Gasteiger partial charge in [-0.1, -0.05) is 54.2 Å². The van der Waals surface area contributed by atoms with E-state index in [1.54, 1.807) is 0 Å². The smallest absolute Gasteiger partial charge is 0.237 e. The number of aryl methyl sites for hydroxylation is 1. The third-order valence-corrected chi connectivity index (χ3v) is 6.77. The van der Waals surface area contributed by atoms with Gasteiger partial charge in [0.25, 0.3) is 0 Å². The van der Waals surface area contributed by atoms with Crippen molar-refractivity contribution in [3.8, 4) is 0 Å². The van der Waals surface area contributed by atoms with Gasteiger partial charge in [0.05, 0.1) is 22.3 Å². The van der Waals surface area contributed by atoms with Crippen LogP contribution in [0.1, 0.15) is 12.0 Å². The fourth-order valence-electron chi connectivity index (χ4n) is 4.41. The first-order valence-electron chi connectivity index (χ1n) is 10.5. The largest absolute Gasteiger partial charge is 0.311 e. The van der Waals surface area contributed by atoms with E-state index >= 15 is 0 Å². The molecule has 0 saturated heterocycles. The standard InChI is InChI=1S/C25H20N4OS/c30-23(28-15-7-9-17-8-1-5-13-21(17)28)16-31-25-27-19-11-3-2-10-18(19)24-26-20-12-4-6-14-22(20)29(24)25/h1-6,8,10-14H,7,9,15-16H2. The van der Waals surface area contributed by atoms with Crippen LogP contribution in [0.15, 0.2) is 78.0 Å². The number of aromatic nitrogens is 3. The minimum atomic E-state index is 0.115. The maximum Gasteiger partial charge on any atom is 0.237 e. The predicted octanol–water partition coefficient (Wildman–Crippen LogP) is 5.11. The van der Waals surface area contributed by atoms with Gasteiger partial charge in [-0.25, -0.2) is 9.97 Å². The van der Waals surface area contributed by atoms with E-state index in [-0.39, 0.29) is 5.91 Å². The SMILES string of the molecule is O=C(CSc1nc2ccccc2c2nc3ccccc3n12)N1CCCc2ccccc21. The van der Waals surface area contributed by atoms with Gasteiger partial charge in [0.2, 0.25) is 5.91 Å². The van der Waals surface area contributed by atoms with E-state index in [2.05, 4.69) is 16.5 Å². The molecule has 1 aliphatic heterocycles. The summed E-state index contributed by atoms with van der Waals surface area (Å²) in [5.74, 6) is 0.450. The number of imidazole rings is 1. The molecule has 6 heteroatoms. The number of hydrogen-bond donors (Lipinski definition) is 0. The molecular formula is C25H20N4OS. The maximum absolute atomic E-state index is 13.2. The van der Waals surface area contributed by atoms with Crippen molar-refractivity contribution in [3.05, 3.63) is 78.4 Å². The van der Waals surface area contributed by atoms with Crippen LogP contribution in [0.5, 0.6) is 0 Å². The Hall–Kier alpha value is -3.38. The molecule has 0 unspecified atom stereocenters. The molecule has 31 heavy (non-hydrogen) atoms. The third-order valence-electron chi connectivity index (χ3n) is 5.85. The molecule has 0 atom stereocenters. The molecule has 5 aromatic rings. The summed E-state index contributed by atoms with van der Waals surface area (Å²) >= 11 is 1.48. The molecule has 0 fully saturated rings. The van der Waals surface area contributed by atoms with Crippen molar-refractivity contribution >= 4 is 50.9 Å². The van der Waals surface area contributed by atoms with E-state index in [1.165, 1.54) is 17.3 Å². The fourth-order valence-corrected chi connectivity index (χ4v) is 5.29. The van der Waals surface area contributed by atoms with Crippen LogP contribution in [0.25, 0.3) is 27.6 Å². The molecule has 0 spiro atoms. The molecule has 0 N–H and O–H groups in total. The van der Waals surface area contributed by atoms with Crippen molar-refractivity contribution < 1.29 is 4.79 Å². The van der Waals surface area contributed by atoms with E-state index in [0.29, 0.717) is 5.75 Å². The summed E-state index contributed by atoms with van der Waals surface area (Å²) in [4.78, 5) is 24.9. The third kappa shape index (κ3) is 3.06. The Morgan fingerprint density at radius 2 is 1.68 bits per heavy atom. The topological polar surface area (TPSA) is 50.5 Å². The number of anilines is 1. The van der Waals surface area contributed by atoms with Crippen LogP contribution in [0, 0.1) is 0 Å². The number of benzene rings is 3. The summed E-state index contributed by atoms with van der Waals surface area (Å²) in [6.45, 7) is 0.769. The Labute approximate surface area is 183 Å². The monoisotopic (exact) mass is 424 g/mol. The highest BCUT2D eigenvalue weighted by Crippen LogP contribution is 2.31. The van der Waals surface area contributed by atoms with Crippen molar-refractivity contribution in [2.45, 2.75) is 18.0 Å². The second kappa shape index (κ2) is 7.39. The van der Waals surface area contributed by atoms with E-state index in [0.717, 1.165) is 57.8 Å². The number of para-hydroxylation sites is 4. The highest BCUT2D eigenvalue weighted by molar-refractivity contribution is 7.99. The lowest BCUT2D eigenvalue weighted by molar-refractivity contribution is -0.116. The summed E-state index contributed by atoms with van der Waals surface area (Å²) in [5.41, 5.74) is 6.00. The zero-order chi connectivity index (χ0) is 20.8. The summed E-state index contributed by atoms with van der Waals surface area (Å²) < 4.78 is 2.08. The fraction of sp³-hybridized carbons (Fsp3) is 0.160. The number of rotatable bonds is 3. The van der Waals surface area contributed by atoms with Crippen molar-refractivity contribution in [2.24, 2.45) is 0 Å². The van der Waals surface area contributed by atoms with Gasteiger partial charge in [-0.15, -0.1) is 0 Å². The van der Waals surface area contributed by atoms with Crippen LogP contribution in [-0.2, 0) is 11.2 Å². The first-order valence-corrected chi connectivity index (χ1v) is 11.5. The molecule has 3 aromatic carbocycles. The van der Waals surface area contributed by atoms with Crippen molar-refractivity contribution in [1.29, 1.82) is 0 Å². The molecule has 1 aliphatic rings. The quantitative estimate of drug-likeness (QED) is 0.298. The number of amides is 1. The number of thioether (sulfide) groups is 1. The Balaban J connectivity index is 1.40. The molecule has 0 aliphatic carbocycles. The first kappa shape index (κ1) is 18.4. The minimum Gasteiger partial charge on any atom is -0.311 e. The second-order valence-electron chi connectivity index (χ2n) is 7.74. The average molecular weight is 425 g/mol. The molecule has 5 nitrogen and oxygen atoms in total. The highest BCUT2D eigenvalue weighted by Gasteiger charge is 2.23. The van der Waals surface area contributed by atoms with Crippen LogP contribution in [-0.4, -0.2) is 32.6 Å². The van der Waals surface area contributed by atoms with Crippen LogP contribution in [0.4, 0.5) is 5.69 Å². The van der Waals surface area contributed by atoms with E-state index < -0.39 is 0 Å². The van der Waals surface area contributed by atoms with Crippen molar-refractivity contribution in [2.75, 3.05) is 17.2 Å². The van der Waals surface area contributed by atoms with Crippen LogP contribution < -0.4 is 4.90 Å². The lowest BCUT2D eigenvalue weighted by Gasteiger charge is -2.29. The summed E-state index contributed by atoms with van der Waals surface area (Å²) in [6, 6.07) is 24.3. The first-order chi connectivity index (χ1) is 15.3. The lowest BCUT2D eigenvalue weighted by atomic mass is 10.0. The summed E-state index contributed by atoms with van der Waals surface area (Å²) in [5, 5.41) is 1.81. The van der Waals surface area contributed by atoms with Crippen molar-refractivity contribution in [3.63, 3.8) is 0 Å². The maximum atomic E-state index is 13.2. The minimum absolute atomic E-state index is 0.115. The second-order valence-corrected chi connectivity index (χ2v) is 8.68. The number of carbonyl (C=O) groups is 1. The van der Waals surface area contributed by atoms with Gasteiger partial charge in [0.15, 0.2) is 5.16 Å². The van der Waals surface area contributed by atoms with Crippen LogP contribution in [0.2, 0.25) is 0 Å². The van der Waals surface area contributed by atoms with Crippen LogP contribution in [0.3, 0.4) is 0 Å². The summed E-state index contributed by atoms with van der Waals surface area (Å²) in [6.07, 6.45) is 2.03. The van der Waals surface area contributed by atoms with Gasteiger partial charge in [0.1, 0.15) is 5.65 Å². The zero-order valence-electron chi connectivity index (χ0n) is 16.9. The lowest BCUT2D eigenvalue weighted by Crippen LogP contribution is -2.36. The number of hydrogen-bond acceptors (Lipinski definition) is 4. The molecule has 0 radical (unpaired) electrons. The van der Waals surface area contributed by atoms with E-state index in [9.17, 15) is 4.79 Å². The van der Waals surface area contributed by atoms with Crippen LogP contribution >= 0.6 is 11.8 Å². The molecule has 3 heterocycles. The number of fused-ring (bicyclic) bond motifs is 6. The van der Waals surface area contributed by atoms with Gasteiger partial charge in [-0.05, 0) is 48.7 Å². The van der Waals surface area contributed by atoms with E-state index in [4.69, 9.17) is 9.97 Å². The summed E-state index contributed by atoms with van der Waals surface area (Å²) in [7, 11) is 0. The Bertz CT molecular complexity index is 1460. The Morgan fingerprint density at radius 1 is 0.903 bits per heavy atom. The van der Waals surface area contributed by atoms with E-state index in [1.807, 2.05) is 65.6 Å². The van der Waals surface area contributed by atoms with Gasteiger partial charge in [-0.2, -0.15) is 0 Å². The molecular weight excluding hydrogens is 404 g/mol. The zero-order valence-corrected chi connectivity index (χ0v) is 17.7. The Morgan fingerprint density at radius 3 is 2.61 bits per heavy atom. The van der Waals surface area contributed by atoms with Gasteiger partial charge in [-0.3, -0.25) is 9.20 Å². The van der Waals surface area contributed by atoms with Gasteiger partial charge >= 0.3 is 0 Å². The predicted molar refractivity (Wildman–Crippen MR) is 126 cm³/mol.